The highest BCUT2D eigenvalue weighted by Gasteiger charge is 2.18. The van der Waals surface area contributed by atoms with Crippen molar-refractivity contribution in [2.45, 2.75) is 12.0 Å². The largest absolute Gasteiger partial charge is 0.435 e. The van der Waals surface area contributed by atoms with Crippen LogP contribution in [0.1, 0.15) is 16.5 Å². The summed E-state index contributed by atoms with van der Waals surface area (Å²) >= 11 is 8.98. The third kappa shape index (κ3) is 3.89. The number of ether oxygens (including phenoxy) is 1. The first-order valence-corrected chi connectivity index (χ1v) is 6.94. The van der Waals surface area contributed by atoms with E-state index in [4.69, 9.17) is 11.6 Å². The highest BCUT2D eigenvalue weighted by Crippen LogP contribution is 2.33. The van der Waals surface area contributed by atoms with Crippen LogP contribution in [0.5, 0.6) is 5.75 Å². The molecule has 2 rings (SSSR count). The molecular formula is C14H8BrClF4O. The summed E-state index contributed by atoms with van der Waals surface area (Å²) in [7, 11) is 0. The molecule has 0 radical (unpaired) electrons. The van der Waals surface area contributed by atoms with Gasteiger partial charge in [-0.25, -0.2) is 8.78 Å². The molecular weight excluding hydrogens is 376 g/mol. The maximum absolute atomic E-state index is 13.8. The first kappa shape index (κ1) is 16.1. The van der Waals surface area contributed by atoms with Crippen LogP contribution in [0, 0.1) is 11.6 Å². The molecule has 112 valence electrons. The summed E-state index contributed by atoms with van der Waals surface area (Å²) in [5, 5.41) is -0.951. The minimum absolute atomic E-state index is 0.00621. The van der Waals surface area contributed by atoms with Gasteiger partial charge in [-0.2, -0.15) is 8.78 Å². The van der Waals surface area contributed by atoms with E-state index in [0.29, 0.717) is 5.56 Å². The van der Waals surface area contributed by atoms with Crippen LogP contribution in [-0.2, 0) is 0 Å². The number of benzene rings is 2. The van der Waals surface area contributed by atoms with Crippen LogP contribution in [0.3, 0.4) is 0 Å². The lowest BCUT2D eigenvalue weighted by atomic mass is 10.0. The lowest BCUT2D eigenvalue weighted by Crippen LogP contribution is -2.02. The fourth-order valence-corrected chi connectivity index (χ4v) is 2.36. The average Bonchev–Trinajstić information content (AvgIpc) is 2.42. The molecule has 0 N–H and O–H groups in total. The topological polar surface area (TPSA) is 9.23 Å². The maximum Gasteiger partial charge on any atom is 0.387 e. The fraction of sp³-hybridized carbons (Fsp3) is 0.143. The van der Waals surface area contributed by atoms with Gasteiger partial charge in [0.15, 0.2) is 0 Å². The van der Waals surface area contributed by atoms with Crippen molar-refractivity contribution in [3.8, 4) is 5.75 Å². The van der Waals surface area contributed by atoms with Crippen LogP contribution in [0.4, 0.5) is 17.6 Å². The predicted octanol–water partition coefficient (Wildman–Crippen LogP) is 5.66. The zero-order valence-corrected chi connectivity index (χ0v) is 12.6. The quantitative estimate of drug-likeness (QED) is 0.376. The van der Waals surface area contributed by atoms with Gasteiger partial charge >= 0.3 is 6.61 Å². The minimum atomic E-state index is -2.93. The summed E-state index contributed by atoms with van der Waals surface area (Å²) < 4.78 is 55.5. The summed E-state index contributed by atoms with van der Waals surface area (Å²) in [6.07, 6.45) is 0. The Morgan fingerprint density at radius 3 is 2.19 bits per heavy atom. The molecule has 0 aromatic heterocycles. The van der Waals surface area contributed by atoms with Gasteiger partial charge in [-0.05, 0) is 45.8 Å². The third-order valence-electron chi connectivity index (χ3n) is 2.71. The second-order valence-corrected chi connectivity index (χ2v) is 5.39. The van der Waals surface area contributed by atoms with E-state index in [1.165, 1.54) is 24.3 Å². The molecule has 0 aliphatic heterocycles. The lowest BCUT2D eigenvalue weighted by molar-refractivity contribution is -0.0498. The molecule has 1 atom stereocenters. The van der Waals surface area contributed by atoms with Crippen LogP contribution in [-0.4, -0.2) is 6.61 Å². The number of halogens is 6. The normalized spacial score (nSPS) is 12.5. The molecule has 1 unspecified atom stereocenters. The summed E-state index contributed by atoms with van der Waals surface area (Å²) in [4.78, 5) is 0. The van der Waals surface area contributed by atoms with Gasteiger partial charge in [0.1, 0.15) is 17.4 Å². The second-order valence-electron chi connectivity index (χ2n) is 4.10. The van der Waals surface area contributed by atoms with Crippen LogP contribution in [0.25, 0.3) is 0 Å². The Balaban J connectivity index is 2.27. The molecule has 2 aromatic rings. The molecule has 0 aliphatic carbocycles. The Bertz CT molecular complexity index is 634. The fourth-order valence-electron chi connectivity index (χ4n) is 1.73. The van der Waals surface area contributed by atoms with Crippen molar-refractivity contribution in [2.24, 2.45) is 0 Å². The average molecular weight is 384 g/mol. The van der Waals surface area contributed by atoms with Crippen molar-refractivity contribution in [1.29, 1.82) is 0 Å². The van der Waals surface area contributed by atoms with Crippen molar-refractivity contribution < 1.29 is 22.3 Å². The van der Waals surface area contributed by atoms with E-state index < -0.39 is 23.6 Å². The molecule has 1 nitrogen and oxygen atoms in total. The van der Waals surface area contributed by atoms with E-state index in [-0.39, 0.29) is 15.8 Å². The van der Waals surface area contributed by atoms with Gasteiger partial charge in [0.05, 0.1) is 9.85 Å². The Hall–Kier alpha value is -1.27. The van der Waals surface area contributed by atoms with Crippen LogP contribution < -0.4 is 4.74 Å². The molecule has 0 heterocycles. The Kier molecular flexibility index (Phi) is 5.11. The lowest BCUT2D eigenvalue weighted by Gasteiger charge is -2.13. The smallest absolute Gasteiger partial charge is 0.387 e. The SMILES string of the molecule is Fc1cc(C(Cl)c2ccc(OC(F)F)cc2)c(F)cc1Br. The Morgan fingerprint density at radius 2 is 1.62 bits per heavy atom. The Morgan fingerprint density at radius 1 is 1.00 bits per heavy atom. The van der Waals surface area contributed by atoms with Gasteiger partial charge in [0.25, 0.3) is 0 Å². The van der Waals surface area contributed by atoms with Crippen molar-refractivity contribution in [3.05, 3.63) is 63.6 Å². The van der Waals surface area contributed by atoms with Crippen molar-refractivity contribution in [3.63, 3.8) is 0 Å². The van der Waals surface area contributed by atoms with Gasteiger partial charge < -0.3 is 4.74 Å². The Labute approximate surface area is 131 Å². The van der Waals surface area contributed by atoms with Gasteiger partial charge in [0, 0.05) is 5.56 Å². The number of rotatable bonds is 4. The molecule has 0 saturated carbocycles. The molecule has 0 saturated heterocycles. The minimum Gasteiger partial charge on any atom is -0.435 e. The van der Waals surface area contributed by atoms with E-state index in [9.17, 15) is 17.6 Å². The second kappa shape index (κ2) is 6.66. The van der Waals surface area contributed by atoms with Crippen molar-refractivity contribution in [1.82, 2.24) is 0 Å². The zero-order chi connectivity index (χ0) is 15.6. The molecule has 0 spiro atoms. The van der Waals surface area contributed by atoms with Gasteiger partial charge in [-0.3, -0.25) is 0 Å². The molecule has 21 heavy (non-hydrogen) atoms. The number of hydrogen-bond donors (Lipinski definition) is 0. The number of hydrogen-bond acceptors (Lipinski definition) is 1. The van der Waals surface area contributed by atoms with E-state index in [2.05, 4.69) is 20.7 Å². The van der Waals surface area contributed by atoms with Crippen LogP contribution in [0.2, 0.25) is 0 Å². The molecule has 0 fully saturated rings. The molecule has 0 amide bonds. The predicted molar refractivity (Wildman–Crippen MR) is 74.8 cm³/mol. The van der Waals surface area contributed by atoms with E-state index in [0.717, 1.165) is 12.1 Å². The van der Waals surface area contributed by atoms with Gasteiger partial charge in [0.2, 0.25) is 0 Å². The standard InChI is InChI=1S/C14H8BrClF4O/c15-10-6-11(17)9(5-12(10)18)13(16)7-1-3-8(4-2-7)21-14(19)20/h1-6,13-14H. The first-order valence-electron chi connectivity index (χ1n) is 5.71. The monoisotopic (exact) mass is 382 g/mol. The zero-order valence-electron chi connectivity index (χ0n) is 10.3. The third-order valence-corrected chi connectivity index (χ3v) is 3.81. The summed E-state index contributed by atoms with van der Waals surface area (Å²) in [5.41, 5.74) is 0.388. The van der Waals surface area contributed by atoms with E-state index >= 15 is 0 Å². The van der Waals surface area contributed by atoms with Crippen LogP contribution in [0.15, 0.2) is 40.9 Å². The molecule has 7 heteroatoms. The van der Waals surface area contributed by atoms with Crippen molar-refractivity contribution in [2.75, 3.05) is 0 Å². The van der Waals surface area contributed by atoms with Gasteiger partial charge in [-0.15, -0.1) is 11.6 Å². The first-order chi connectivity index (χ1) is 9.88. The van der Waals surface area contributed by atoms with E-state index in [1.807, 2.05) is 0 Å². The van der Waals surface area contributed by atoms with Crippen molar-refractivity contribution >= 4 is 27.5 Å². The molecule has 0 bridgehead atoms. The summed E-state index contributed by atoms with van der Waals surface area (Å²) in [6.45, 7) is -2.93. The molecule has 0 aliphatic rings. The maximum atomic E-state index is 13.8. The van der Waals surface area contributed by atoms with E-state index in [1.54, 1.807) is 0 Å². The van der Waals surface area contributed by atoms with Gasteiger partial charge in [-0.1, -0.05) is 12.1 Å². The highest BCUT2D eigenvalue weighted by molar-refractivity contribution is 9.10. The molecule has 2 aromatic carbocycles. The van der Waals surface area contributed by atoms with Crippen LogP contribution >= 0.6 is 27.5 Å². The summed E-state index contributed by atoms with van der Waals surface area (Å²) in [6, 6.07) is 7.35. The summed E-state index contributed by atoms with van der Waals surface area (Å²) in [5.74, 6) is -1.36. The number of alkyl halides is 3. The highest BCUT2D eigenvalue weighted by atomic mass is 79.9.